The average molecular weight is 1370 g/mol. The van der Waals surface area contributed by atoms with E-state index in [-0.39, 0.29) is 57.7 Å². The maximum absolute atomic E-state index is 15.4. The minimum atomic E-state index is -1.09. The van der Waals surface area contributed by atoms with Gasteiger partial charge in [0.25, 0.3) is 0 Å². The second-order valence-electron chi connectivity index (χ2n) is 36.9. The molecular formula is C87H176F8. The summed E-state index contributed by atoms with van der Waals surface area (Å²) >= 11 is 0. The normalized spacial score (nSPS) is 18.8. The lowest BCUT2D eigenvalue weighted by atomic mass is 9.57. The van der Waals surface area contributed by atoms with Crippen molar-refractivity contribution >= 4 is 0 Å². The Morgan fingerprint density at radius 1 is 0.284 bits per heavy atom. The summed E-state index contributed by atoms with van der Waals surface area (Å²) in [4.78, 5) is 0. The summed E-state index contributed by atoms with van der Waals surface area (Å²) in [6.45, 7) is 79.2. The molecule has 0 radical (unpaired) electrons. The van der Waals surface area contributed by atoms with Crippen LogP contribution < -0.4 is 0 Å². The quantitative estimate of drug-likeness (QED) is 0.0757. The molecule has 0 nitrogen and oxygen atoms in total. The van der Waals surface area contributed by atoms with E-state index in [1.54, 1.807) is 41.5 Å². The van der Waals surface area contributed by atoms with E-state index in [1.807, 2.05) is 48.5 Å². The van der Waals surface area contributed by atoms with Gasteiger partial charge in [0, 0.05) is 16.2 Å². The Balaban J connectivity index is -0.000000328. The Hall–Kier alpha value is -0.560. The fourth-order valence-electron chi connectivity index (χ4n) is 17.4. The molecule has 0 spiro atoms. The van der Waals surface area contributed by atoms with Crippen molar-refractivity contribution in [1.82, 2.24) is 0 Å². The van der Waals surface area contributed by atoms with Gasteiger partial charge in [-0.05, 0) is 228 Å². The van der Waals surface area contributed by atoms with Crippen molar-refractivity contribution in [2.75, 3.05) is 0 Å². The molecule has 0 saturated heterocycles. The highest BCUT2D eigenvalue weighted by Gasteiger charge is 2.54. The zero-order chi connectivity index (χ0) is 76.8. The maximum atomic E-state index is 15.4. The molecule has 0 heterocycles. The van der Waals surface area contributed by atoms with Crippen LogP contribution in [0.3, 0.4) is 0 Å². The molecule has 2 unspecified atom stereocenters. The maximum Gasteiger partial charge on any atom is 0.118 e. The van der Waals surface area contributed by atoms with Gasteiger partial charge in [-0.3, -0.25) is 0 Å². The molecule has 0 N–H and O–H groups in total. The fourth-order valence-corrected chi connectivity index (χ4v) is 17.4. The van der Waals surface area contributed by atoms with Gasteiger partial charge in [0.1, 0.15) is 45.4 Å². The molecule has 3 aliphatic rings. The van der Waals surface area contributed by atoms with Crippen LogP contribution in [-0.2, 0) is 0 Å². The van der Waals surface area contributed by atoms with Gasteiger partial charge < -0.3 is 0 Å². The molecule has 0 amide bonds. The lowest BCUT2D eigenvalue weighted by Gasteiger charge is -2.51. The summed E-state index contributed by atoms with van der Waals surface area (Å²) in [5, 5.41) is 0. The van der Waals surface area contributed by atoms with E-state index in [2.05, 4.69) is 180 Å². The Bertz CT molecular complexity index is 1730. The summed E-state index contributed by atoms with van der Waals surface area (Å²) in [5.41, 5.74) is -7.88. The predicted octanol–water partition coefficient (Wildman–Crippen LogP) is 32.3. The zero-order valence-corrected chi connectivity index (χ0v) is 71.8. The van der Waals surface area contributed by atoms with Crippen LogP contribution in [0.25, 0.3) is 0 Å². The lowest BCUT2D eigenvalue weighted by Crippen LogP contribution is -2.51. The van der Waals surface area contributed by atoms with Crippen LogP contribution in [0.15, 0.2) is 0 Å². The Morgan fingerprint density at radius 2 is 0.505 bits per heavy atom. The molecule has 2 atom stereocenters. The summed E-state index contributed by atoms with van der Waals surface area (Å²) < 4.78 is 112. The van der Waals surface area contributed by atoms with E-state index in [4.69, 9.17) is 0 Å². The van der Waals surface area contributed by atoms with Crippen LogP contribution in [0, 0.1) is 98.6 Å². The lowest BCUT2D eigenvalue weighted by molar-refractivity contribution is -0.0946. The Kier molecular flexibility index (Phi) is 48.7. The number of alkyl halides is 8. The highest BCUT2D eigenvalue weighted by atomic mass is 19.2. The van der Waals surface area contributed by atoms with E-state index < -0.39 is 45.4 Å². The second kappa shape index (κ2) is 44.8. The fraction of sp³-hybridized carbons (Fsp3) is 1.00. The third kappa shape index (κ3) is 34.1. The monoisotopic (exact) mass is 1370 g/mol. The van der Waals surface area contributed by atoms with Gasteiger partial charge >= 0.3 is 0 Å². The molecule has 95 heavy (non-hydrogen) atoms. The van der Waals surface area contributed by atoms with Crippen LogP contribution in [0.4, 0.5) is 35.1 Å². The minimum Gasteiger partial charge on any atom is -0.244 e. The van der Waals surface area contributed by atoms with Crippen molar-refractivity contribution in [3.63, 3.8) is 0 Å². The van der Waals surface area contributed by atoms with E-state index in [0.717, 1.165) is 141 Å². The largest absolute Gasteiger partial charge is 0.244 e. The van der Waals surface area contributed by atoms with Crippen molar-refractivity contribution in [3.05, 3.63) is 0 Å². The Morgan fingerprint density at radius 3 is 0.653 bits per heavy atom. The molecular weight excluding hydrogens is 1200 g/mol. The van der Waals surface area contributed by atoms with Crippen molar-refractivity contribution in [2.45, 2.75) is 463 Å². The van der Waals surface area contributed by atoms with Crippen molar-refractivity contribution < 1.29 is 35.1 Å². The van der Waals surface area contributed by atoms with Gasteiger partial charge in [-0.15, -0.1) is 0 Å². The summed E-state index contributed by atoms with van der Waals surface area (Å²) in [5.74, 6) is 3.50. The molecule has 0 aromatic carbocycles. The second-order valence-corrected chi connectivity index (χ2v) is 36.9. The van der Waals surface area contributed by atoms with E-state index >= 15 is 8.78 Å². The van der Waals surface area contributed by atoms with Crippen molar-refractivity contribution in [3.8, 4) is 0 Å². The summed E-state index contributed by atoms with van der Waals surface area (Å²) in [6.07, 6.45) is 21.6. The first-order valence-corrected chi connectivity index (χ1v) is 40.2. The van der Waals surface area contributed by atoms with Crippen LogP contribution in [0.2, 0.25) is 0 Å². The predicted molar refractivity (Wildman–Crippen MR) is 413 cm³/mol. The molecule has 3 aliphatic carbocycles. The van der Waals surface area contributed by atoms with Gasteiger partial charge in [-0.25, -0.2) is 35.1 Å². The Labute approximate surface area is 593 Å². The number of halogens is 8. The van der Waals surface area contributed by atoms with Crippen LogP contribution >= 0.6 is 0 Å². The molecule has 3 rings (SSSR count). The topological polar surface area (TPSA) is 0 Å². The standard InChI is InChI=1S/C16H33F.C14H29F.2C12H25F.C11H23F.C9H17F.C7H13F.C6H11F/c1-10(2)14(11(3)4)16(9,17)15(12(5)6)13(7)8;1-8-12(5,9-2)14(7,15)13(6,10-3)11-4;1-8(2)11(9(3)4)12(7,13)10(5)6;1-6-10(7-2)12(5,13)11(8-3)9-4;1-7-10(5,8-2)11(6,12)9(3)4;1-8(2)4-6-9(3,10)7-5-8;1-7(8)5-3-2-4-6-7;1-6(7)4-2-3-5-6/h10-15H,1-9H3;8-11H2,1-7H3;8-11H,1-7H3;10-11H,6-9H2,1-5H3;9H,7-8H2,1-6H3;4-7H2,1-3H3;2-6H2,1H3;2-5H2,1H3. The van der Waals surface area contributed by atoms with Gasteiger partial charge in [0.05, 0.1) is 0 Å². The van der Waals surface area contributed by atoms with Crippen LogP contribution in [0.5, 0.6) is 0 Å². The average Bonchev–Trinajstić information content (AvgIpc) is 0.981. The smallest absolute Gasteiger partial charge is 0.118 e. The molecule has 3 saturated carbocycles. The van der Waals surface area contributed by atoms with E-state index in [1.165, 1.54) is 6.42 Å². The molecule has 580 valence electrons. The molecule has 0 aliphatic heterocycles. The van der Waals surface area contributed by atoms with E-state index in [9.17, 15) is 26.3 Å². The van der Waals surface area contributed by atoms with E-state index in [0.29, 0.717) is 40.9 Å². The van der Waals surface area contributed by atoms with Gasteiger partial charge in [-0.1, -0.05) is 272 Å². The molecule has 8 heteroatoms. The molecule has 3 fully saturated rings. The molecule has 0 aromatic heterocycles. The van der Waals surface area contributed by atoms with Crippen LogP contribution in [0.1, 0.15) is 418 Å². The van der Waals surface area contributed by atoms with Crippen LogP contribution in [-0.4, -0.2) is 45.4 Å². The first-order chi connectivity index (χ1) is 42.7. The highest BCUT2D eigenvalue weighted by Crippen LogP contribution is 2.54. The van der Waals surface area contributed by atoms with Gasteiger partial charge in [0.2, 0.25) is 0 Å². The first kappa shape index (κ1) is 103. The zero-order valence-electron chi connectivity index (χ0n) is 71.8. The van der Waals surface area contributed by atoms with Crippen molar-refractivity contribution in [1.29, 1.82) is 0 Å². The molecule has 0 bridgehead atoms. The third-order valence-electron chi connectivity index (χ3n) is 26.4. The number of hydrogen-bond donors (Lipinski definition) is 0. The summed E-state index contributed by atoms with van der Waals surface area (Å²) in [6, 6.07) is 0. The van der Waals surface area contributed by atoms with Crippen molar-refractivity contribution in [2.24, 2.45) is 98.6 Å². The number of hydrogen-bond acceptors (Lipinski definition) is 0. The van der Waals surface area contributed by atoms with Gasteiger partial charge in [-0.2, -0.15) is 0 Å². The number of rotatable bonds is 26. The van der Waals surface area contributed by atoms with Gasteiger partial charge in [0.15, 0.2) is 0 Å². The third-order valence-corrected chi connectivity index (χ3v) is 26.4. The SMILES string of the molecule is CC(C)C(C(C)C)C(C)(F)C(C(C)C)C(C)C.CC(C)C(C(C)C)C(C)(F)C(C)C.CC1(C)CCC(C)(F)CC1.CC1(F)CCCC1.CC1(F)CCCCC1.CCC(C)(CC)C(C)(F)C(C)(CC)CC.CCC(C)(CC)C(C)(F)C(C)C.CCC(CC)C(C)(F)C(CC)CC. The summed E-state index contributed by atoms with van der Waals surface area (Å²) in [7, 11) is 0. The highest BCUT2D eigenvalue weighted by molar-refractivity contribution is 5.03. The first-order valence-electron chi connectivity index (χ1n) is 40.2. The minimum absolute atomic E-state index is 0.0994. The molecule has 0 aromatic rings.